The van der Waals surface area contributed by atoms with Crippen molar-refractivity contribution in [3.63, 3.8) is 0 Å². The molecule has 146 valence electrons. The van der Waals surface area contributed by atoms with E-state index in [4.69, 9.17) is 19.5 Å². The monoisotopic (exact) mass is 382 g/mol. The highest BCUT2D eigenvalue weighted by Crippen LogP contribution is 2.23. The summed E-state index contributed by atoms with van der Waals surface area (Å²) in [6.07, 6.45) is -0.472. The first-order chi connectivity index (χ1) is 13.5. The molecular weight excluding hydrogens is 360 g/mol. The summed E-state index contributed by atoms with van der Waals surface area (Å²) in [6, 6.07) is 14.0. The topological polar surface area (TPSA) is 97.6 Å². The molecule has 2 aromatic rings. The molecule has 0 aliphatic carbocycles. The lowest BCUT2D eigenvalue weighted by atomic mass is 10.1. The Kier molecular flexibility index (Phi) is 7.40. The molecule has 0 heterocycles. The van der Waals surface area contributed by atoms with Crippen LogP contribution in [0.4, 0.5) is 5.69 Å². The van der Waals surface area contributed by atoms with Crippen molar-refractivity contribution in [1.82, 2.24) is 0 Å². The maximum atomic E-state index is 12.2. The van der Waals surface area contributed by atoms with Gasteiger partial charge in [-0.1, -0.05) is 12.1 Å². The molecule has 28 heavy (non-hydrogen) atoms. The summed E-state index contributed by atoms with van der Waals surface area (Å²) >= 11 is 0. The highest BCUT2D eigenvalue weighted by Gasteiger charge is 2.19. The minimum absolute atomic E-state index is 0.0999. The molecule has 1 atom stereocenters. The lowest BCUT2D eigenvalue weighted by Gasteiger charge is -2.14. The fourth-order valence-electron chi connectivity index (χ4n) is 2.49. The summed E-state index contributed by atoms with van der Waals surface area (Å²) in [5.74, 6) is 0.260. The number of nitrogens with one attached hydrogen (secondary N) is 1. The molecule has 0 unspecified atom stereocenters. The molecular formula is C21H22N2O5. The molecule has 0 saturated carbocycles. The Bertz CT molecular complexity index is 866. The van der Waals surface area contributed by atoms with Crippen LogP contribution in [0.25, 0.3) is 0 Å². The van der Waals surface area contributed by atoms with Gasteiger partial charge in [-0.3, -0.25) is 9.59 Å². The van der Waals surface area contributed by atoms with Gasteiger partial charge in [-0.15, -0.1) is 0 Å². The van der Waals surface area contributed by atoms with Gasteiger partial charge in [0.25, 0.3) is 5.91 Å². The maximum Gasteiger partial charge on any atom is 0.306 e. The molecule has 0 aliphatic heterocycles. The SMILES string of the molecule is COc1cc(CCC(=O)O[C@@H](C)C(=O)Nc2ccccc2C#N)cc(OC)c1. The second kappa shape index (κ2) is 9.97. The van der Waals surface area contributed by atoms with Crippen LogP contribution in [0.2, 0.25) is 0 Å². The molecule has 0 fully saturated rings. The normalized spacial score (nSPS) is 11.1. The molecule has 0 aliphatic rings. The van der Waals surface area contributed by atoms with Crippen LogP contribution in [0.5, 0.6) is 11.5 Å². The zero-order valence-electron chi connectivity index (χ0n) is 16.0. The first-order valence-electron chi connectivity index (χ1n) is 8.68. The standard InChI is InChI=1S/C21H22N2O5/c1-14(21(25)23-19-7-5-4-6-16(19)13-22)28-20(24)9-8-15-10-17(26-2)12-18(11-15)27-3/h4-7,10-12,14H,8-9H2,1-3H3,(H,23,25)/t14-/m0/s1. The van der Waals surface area contributed by atoms with Crippen molar-refractivity contribution in [2.75, 3.05) is 19.5 Å². The quantitative estimate of drug-likeness (QED) is 0.705. The largest absolute Gasteiger partial charge is 0.497 e. The van der Waals surface area contributed by atoms with Gasteiger partial charge in [-0.2, -0.15) is 5.26 Å². The van der Waals surface area contributed by atoms with Gasteiger partial charge in [0.05, 0.1) is 25.5 Å². The molecule has 0 aromatic heterocycles. The summed E-state index contributed by atoms with van der Waals surface area (Å²) in [5.41, 5.74) is 1.57. The number of methoxy groups -OCH3 is 2. The Morgan fingerprint density at radius 1 is 1.11 bits per heavy atom. The van der Waals surface area contributed by atoms with Crippen LogP contribution in [0.15, 0.2) is 42.5 Å². The minimum Gasteiger partial charge on any atom is -0.497 e. The number of aryl methyl sites for hydroxylation is 1. The van der Waals surface area contributed by atoms with Crippen molar-refractivity contribution in [2.45, 2.75) is 25.9 Å². The fraction of sp³-hybridized carbons (Fsp3) is 0.286. The number of carbonyl (C=O) groups excluding carboxylic acids is 2. The number of hydrogen-bond donors (Lipinski definition) is 1. The van der Waals surface area contributed by atoms with Crippen LogP contribution < -0.4 is 14.8 Å². The van der Waals surface area contributed by atoms with Gasteiger partial charge in [0.15, 0.2) is 6.10 Å². The zero-order chi connectivity index (χ0) is 20.5. The highest BCUT2D eigenvalue weighted by atomic mass is 16.5. The summed E-state index contributed by atoms with van der Waals surface area (Å²) in [4.78, 5) is 24.3. The van der Waals surface area contributed by atoms with Gasteiger partial charge >= 0.3 is 5.97 Å². The maximum absolute atomic E-state index is 12.2. The number of ether oxygens (including phenoxy) is 3. The Hall–Kier alpha value is -3.53. The molecule has 0 saturated heterocycles. The van der Waals surface area contributed by atoms with Gasteiger partial charge < -0.3 is 19.5 Å². The van der Waals surface area contributed by atoms with Gasteiger partial charge in [0.2, 0.25) is 0 Å². The number of benzene rings is 2. The van der Waals surface area contributed by atoms with E-state index < -0.39 is 18.0 Å². The number of anilines is 1. The average Bonchev–Trinajstić information content (AvgIpc) is 2.72. The minimum atomic E-state index is -0.987. The number of carbonyl (C=O) groups is 2. The Labute approximate surface area is 163 Å². The van der Waals surface area contributed by atoms with Crippen LogP contribution in [0, 0.1) is 11.3 Å². The lowest BCUT2D eigenvalue weighted by Crippen LogP contribution is -2.30. The number of nitriles is 1. The number of para-hydroxylation sites is 1. The second-order valence-corrected chi connectivity index (χ2v) is 6.00. The number of amides is 1. The number of nitrogens with zero attached hydrogens (tertiary/aromatic N) is 1. The highest BCUT2D eigenvalue weighted by molar-refractivity contribution is 5.96. The van der Waals surface area contributed by atoms with Gasteiger partial charge in [0.1, 0.15) is 17.6 Å². The summed E-state index contributed by atoms with van der Waals surface area (Å²) < 4.78 is 15.6. The molecule has 2 rings (SSSR count). The fourth-order valence-corrected chi connectivity index (χ4v) is 2.49. The van der Waals surface area contributed by atoms with Crippen LogP contribution in [0.1, 0.15) is 24.5 Å². The van der Waals surface area contributed by atoms with E-state index >= 15 is 0 Å². The van der Waals surface area contributed by atoms with Gasteiger partial charge in [0, 0.05) is 12.5 Å². The Morgan fingerprint density at radius 2 is 1.75 bits per heavy atom. The van der Waals surface area contributed by atoms with E-state index in [1.807, 2.05) is 18.2 Å². The molecule has 1 amide bonds. The number of rotatable bonds is 8. The lowest BCUT2D eigenvalue weighted by molar-refractivity contribution is -0.153. The van der Waals surface area contributed by atoms with Crippen LogP contribution >= 0.6 is 0 Å². The molecule has 0 spiro atoms. The second-order valence-electron chi connectivity index (χ2n) is 6.00. The van der Waals surface area contributed by atoms with Crippen LogP contribution in [-0.4, -0.2) is 32.2 Å². The smallest absolute Gasteiger partial charge is 0.306 e. The first-order valence-corrected chi connectivity index (χ1v) is 8.68. The van der Waals surface area contributed by atoms with E-state index in [-0.39, 0.29) is 6.42 Å². The molecule has 2 aromatic carbocycles. The predicted octanol–water partition coefficient (Wildman–Crippen LogP) is 3.08. The van der Waals surface area contributed by atoms with E-state index in [9.17, 15) is 9.59 Å². The van der Waals surface area contributed by atoms with Crippen molar-refractivity contribution in [1.29, 1.82) is 5.26 Å². The molecule has 1 N–H and O–H groups in total. The third kappa shape index (κ3) is 5.74. The van der Waals surface area contributed by atoms with E-state index in [1.165, 1.54) is 6.92 Å². The van der Waals surface area contributed by atoms with Crippen molar-refractivity contribution in [3.05, 3.63) is 53.6 Å². The number of hydrogen-bond acceptors (Lipinski definition) is 6. The van der Waals surface area contributed by atoms with Crippen LogP contribution in [-0.2, 0) is 20.7 Å². The van der Waals surface area contributed by atoms with Crippen molar-refractivity contribution in [2.24, 2.45) is 0 Å². The summed E-state index contributed by atoms with van der Waals surface area (Å²) in [7, 11) is 3.11. The predicted molar refractivity (Wildman–Crippen MR) is 103 cm³/mol. The Balaban J connectivity index is 1.90. The summed E-state index contributed by atoms with van der Waals surface area (Å²) in [5, 5.41) is 11.7. The summed E-state index contributed by atoms with van der Waals surface area (Å²) in [6.45, 7) is 1.48. The third-order valence-electron chi connectivity index (χ3n) is 4.01. The van der Waals surface area contributed by atoms with E-state index in [0.717, 1.165) is 5.56 Å². The van der Waals surface area contributed by atoms with Crippen LogP contribution in [0.3, 0.4) is 0 Å². The van der Waals surface area contributed by atoms with Gasteiger partial charge in [-0.05, 0) is 43.2 Å². The molecule has 0 radical (unpaired) electrons. The average molecular weight is 382 g/mol. The van der Waals surface area contributed by atoms with E-state index in [0.29, 0.717) is 29.2 Å². The first kappa shape index (κ1) is 20.8. The zero-order valence-corrected chi connectivity index (χ0v) is 16.0. The van der Waals surface area contributed by atoms with Crippen molar-refractivity contribution < 1.29 is 23.8 Å². The third-order valence-corrected chi connectivity index (χ3v) is 4.01. The van der Waals surface area contributed by atoms with Gasteiger partial charge in [-0.25, -0.2) is 0 Å². The molecule has 7 nitrogen and oxygen atoms in total. The van der Waals surface area contributed by atoms with E-state index in [1.54, 1.807) is 44.6 Å². The molecule has 0 bridgehead atoms. The molecule has 7 heteroatoms. The number of esters is 1. The Morgan fingerprint density at radius 3 is 2.36 bits per heavy atom. The van der Waals surface area contributed by atoms with E-state index in [2.05, 4.69) is 5.32 Å². The van der Waals surface area contributed by atoms with Crippen molar-refractivity contribution in [3.8, 4) is 17.6 Å². The van der Waals surface area contributed by atoms with Crippen molar-refractivity contribution >= 4 is 17.6 Å².